The highest BCUT2D eigenvalue weighted by molar-refractivity contribution is 5.48. The van der Waals surface area contributed by atoms with Gasteiger partial charge in [0.05, 0.1) is 6.10 Å². The minimum absolute atomic E-state index is 0.107. The van der Waals surface area contributed by atoms with Crippen LogP contribution in [0, 0.1) is 0 Å². The standard InChI is InChI=1S/C19H31N3O/c1-15(20-17-7-11-21(2)12-8-17)16-3-5-18(6-4-16)22-13-9-19(23)10-14-22/h3-6,15,17,19-20,23H,7-14H2,1-2H3. The first-order chi connectivity index (χ1) is 11.1. The van der Waals surface area contributed by atoms with Crippen LogP contribution in [-0.4, -0.2) is 55.4 Å². The van der Waals surface area contributed by atoms with Crippen molar-refractivity contribution in [2.24, 2.45) is 0 Å². The Morgan fingerprint density at radius 2 is 1.61 bits per heavy atom. The minimum Gasteiger partial charge on any atom is -0.393 e. The van der Waals surface area contributed by atoms with Crippen molar-refractivity contribution in [2.45, 2.75) is 50.8 Å². The molecule has 4 nitrogen and oxygen atoms in total. The minimum atomic E-state index is -0.107. The number of nitrogens with one attached hydrogen (secondary N) is 1. The monoisotopic (exact) mass is 317 g/mol. The van der Waals surface area contributed by atoms with E-state index in [-0.39, 0.29) is 6.10 Å². The molecule has 0 amide bonds. The lowest BCUT2D eigenvalue weighted by Gasteiger charge is -2.33. The van der Waals surface area contributed by atoms with Gasteiger partial charge in [-0.1, -0.05) is 12.1 Å². The lowest BCUT2D eigenvalue weighted by atomic mass is 10.0. The van der Waals surface area contributed by atoms with Gasteiger partial charge in [-0.3, -0.25) is 0 Å². The second-order valence-electron chi connectivity index (χ2n) is 7.28. The highest BCUT2D eigenvalue weighted by Crippen LogP contribution is 2.23. The molecule has 1 atom stereocenters. The van der Waals surface area contributed by atoms with Gasteiger partial charge in [0.2, 0.25) is 0 Å². The lowest BCUT2D eigenvalue weighted by Crippen LogP contribution is -2.41. The second-order valence-corrected chi connectivity index (χ2v) is 7.28. The van der Waals surface area contributed by atoms with E-state index in [0.29, 0.717) is 12.1 Å². The number of likely N-dealkylation sites (tertiary alicyclic amines) is 1. The lowest BCUT2D eigenvalue weighted by molar-refractivity contribution is 0.145. The fraction of sp³-hybridized carbons (Fsp3) is 0.684. The number of aliphatic hydroxyl groups is 1. The Hall–Kier alpha value is -1.10. The summed E-state index contributed by atoms with van der Waals surface area (Å²) in [4.78, 5) is 4.79. The molecule has 0 saturated carbocycles. The summed E-state index contributed by atoms with van der Waals surface area (Å²) in [6, 6.07) is 10.0. The topological polar surface area (TPSA) is 38.7 Å². The summed E-state index contributed by atoms with van der Waals surface area (Å²) in [5.74, 6) is 0. The summed E-state index contributed by atoms with van der Waals surface area (Å²) < 4.78 is 0. The molecule has 0 aromatic heterocycles. The highest BCUT2D eigenvalue weighted by Gasteiger charge is 2.20. The summed E-state index contributed by atoms with van der Waals surface area (Å²) in [6.07, 6.45) is 4.15. The number of nitrogens with zero attached hydrogens (tertiary/aromatic N) is 2. The van der Waals surface area contributed by atoms with Crippen molar-refractivity contribution >= 4 is 5.69 Å². The number of hydrogen-bond donors (Lipinski definition) is 2. The molecule has 0 bridgehead atoms. The molecule has 2 saturated heterocycles. The van der Waals surface area contributed by atoms with Crippen LogP contribution in [0.1, 0.15) is 44.2 Å². The Labute approximate surface area is 140 Å². The maximum atomic E-state index is 9.62. The molecule has 1 aromatic rings. The van der Waals surface area contributed by atoms with Gasteiger partial charge >= 0.3 is 0 Å². The molecular weight excluding hydrogens is 286 g/mol. The number of rotatable bonds is 4. The molecule has 0 spiro atoms. The Morgan fingerprint density at radius 1 is 1.00 bits per heavy atom. The molecule has 4 heteroatoms. The van der Waals surface area contributed by atoms with Gasteiger partial charge in [0.1, 0.15) is 0 Å². The van der Waals surface area contributed by atoms with Crippen LogP contribution in [0.25, 0.3) is 0 Å². The number of hydrogen-bond acceptors (Lipinski definition) is 4. The van der Waals surface area contributed by atoms with E-state index < -0.39 is 0 Å². The van der Waals surface area contributed by atoms with E-state index in [2.05, 4.69) is 53.4 Å². The van der Waals surface area contributed by atoms with E-state index in [1.165, 1.54) is 37.2 Å². The normalized spacial score (nSPS) is 23.2. The second kappa shape index (κ2) is 7.65. The SMILES string of the molecule is CC(NC1CCN(C)CC1)c1ccc(N2CCC(O)CC2)cc1. The van der Waals surface area contributed by atoms with Gasteiger partial charge in [-0.2, -0.15) is 0 Å². The quantitative estimate of drug-likeness (QED) is 0.894. The molecule has 23 heavy (non-hydrogen) atoms. The molecule has 0 aliphatic carbocycles. The Morgan fingerprint density at radius 3 is 2.22 bits per heavy atom. The van der Waals surface area contributed by atoms with Gasteiger partial charge in [0, 0.05) is 30.9 Å². The third kappa shape index (κ3) is 4.46. The molecule has 2 aliphatic heterocycles. The molecule has 2 heterocycles. The summed E-state index contributed by atoms with van der Waals surface area (Å²) in [6.45, 7) is 6.59. The van der Waals surface area contributed by atoms with Crippen molar-refractivity contribution in [1.82, 2.24) is 10.2 Å². The zero-order valence-corrected chi connectivity index (χ0v) is 14.5. The summed E-state index contributed by atoms with van der Waals surface area (Å²) in [5, 5.41) is 13.4. The molecule has 2 aliphatic rings. The maximum Gasteiger partial charge on any atom is 0.0574 e. The van der Waals surface area contributed by atoms with Gasteiger partial charge in [-0.05, 0) is 70.4 Å². The van der Waals surface area contributed by atoms with E-state index in [1.807, 2.05) is 0 Å². The Kier molecular flexibility index (Phi) is 5.57. The fourth-order valence-electron chi connectivity index (χ4n) is 3.72. The smallest absolute Gasteiger partial charge is 0.0574 e. The van der Waals surface area contributed by atoms with Crippen LogP contribution in [0.3, 0.4) is 0 Å². The van der Waals surface area contributed by atoms with Crippen molar-refractivity contribution in [3.05, 3.63) is 29.8 Å². The number of benzene rings is 1. The highest BCUT2D eigenvalue weighted by atomic mass is 16.3. The van der Waals surface area contributed by atoms with Gasteiger partial charge in [0.15, 0.2) is 0 Å². The summed E-state index contributed by atoms with van der Waals surface area (Å²) >= 11 is 0. The largest absolute Gasteiger partial charge is 0.393 e. The van der Waals surface area contributed by atoms with Crippen LogP contribution >= 0.6 is 0 Å². The molecule has 2 N–H and O–H groups in total. The van der Waals surface area contributed by atoms with Crippen LogP contribution < -0.4 is 10.2 Å². The van der Waals surface area contributed by atoms with Gasteiger partial charge in [-0.15, -0.1) is 0 Å². The average molecular weight is 317 g/mol. The number of aliphatic hydroxyl groups excluding tert-OH is 1. The van der Waals surface area contributed by atoms with Crippen molar-refractivity contribution < 1.29 is 5.11 Å². The molecule has 128 valence electrons. The summed E-state index contributed by atoms with van der Waals surface area (Å²) in [7, 11) is 2.21. The first-order valence-electron chi connectivity index (χ1n) is 9.09. The summed E-state index contributed by atoms with van der Waals surface area (Å²) in [5.41, 5.74) is 2.65. The van der Waals surface area contributed by atoms with Crippen molar-refractivity contribution in [2.75, 3.05) is 38.1 Å². The van der Waals surface area contributed by atoms with Crippen LogP contribution in [0.5, 0.6) is 0 Å². The van der Waals surface area contributed by atoms with E-state index >= 15 is 0 Å². The molecule has 3 rings (SSSR count). The fourth-order valence-corrected chi connectivity index (χ4v) is 3.72. The van der Waals surface area contributed by atoms with Crippen LogP contribution in [0.2, 0.25) is 0 Å². The first kappa shape index (κ1) is 16.7. The molecular formula is C19H31N3O. The van der Waals surface area contributed by atoms with Crippen molar-refractivity contribution in [1.29, 1.82) is 0 Å². The predicted molar refractivity (Wildman–Crippen MR) is 96.0 cm³/mol. The first-order valence-corrected chi connectivity index (χ1v) is 9.09. The molecule has 1 unspecified atom stereocenters. The van der Waals surface area contributed by atoms with Crippen LogP contribution in [0.15, 0.2) is 24.3 Å². The van der Waals surface area contributed by atoms with Gasteiger partial charge in [0.25, 0.3) is 0 Å². The van der Waals surface area contributed by atoms with E-state index in [4.69, 9.17) is 0 Å². The predicted octanol–water partition coefficient (Wildman–Crippen LogP) is 2.39. The van der Waals surface area contributed by atoms with Crippen molar-refractivity contribution in [3.8, 4) is 0 Å². The van der Waals surface area contributed by atoms with Crippen LogP contribution in [0.4, 0.5) is 5.69 Å². The van der Waals surface area contributed by atoms with E-state index in [1.54, 1.807) is 0 Å². The number of anilines is 1. The third-order valence-corrected chi connectivity index (χ3v) is 5.43. The van der Waals surface area contributed by atoms with Crippen LogP contribution in [-0.2, 0) is 0 Å². The molecule has 2 fully saturated rings. The molecule has 1 aromatic carbocycles. The Bertz CT molecular complexity index is 474. The zero-order valence-electron chi connectivity index (χ0n) is 14.5. The average Bonchev–Trinajstić information content (AvgIpc) is 2.58. The molecule has 0 radical (unpaired) electrons. The maximum absolute atomic E-state index is 9.62. The van der Waals surface area contributed by atoms with E-state index in [9.17, 15) is 5.11 Å². The van der Waals surface area contributed by atoms with Gasteiger partial charge < -0.3 is 20.2 Å². The Balaban J connectivity index is 1.54. The van der Waals surface area contributed by atoms with Gasteiger partial charge in [-0.25, -0.2) is 0 Å². The van der Waals surface area contributed by atoms with Crippen molar-refractivity contribution in [3.63, 3.8) is 0 Å². The van der Waals surface area contributed by atoms with E-state index in [0.717, 1.165) is 25.9 Å². The number of piperidine rings is 2. The zero-order chi connectivity index (χ0) is 16.2. The third-order valence-electron chi connectivity index (χ3n) is 5.43.